The summed E-state index contributed by atoms with van der Waals surface area (Å²) in [6, 6.07) is 4.60. The molecule has 0 aliphatic rings. The Labute approximate surface area is 155 Å². The number of hydrogen-bond donors (Lipinski definition) is 3. The van der Waals surface area contributed by atoms with Gasteiger partial charge in [0.2, 0.25) is 17.4 Å². The molecule has 0 saturated heterocycles. The van der Waals surface area contributed by atoms with Gasteiger partial charge >= 0.3 is 6.18 Å². The molecule has 0 radical (unpaired) electrons. The lowest BCUT2D eigenvalue weighted by Gasteiger charge is -2.27. The van der Waals surface area contributed by atoms with Gasteiger partial charge in [0.05, 0.1) is 13.0 Å². The van der Waals surface area contributed by atoms with E-state index < -0.39 is 54.0 Å². The number of hydrogen-bond acceptors (Lipinski definition) is 4. The summed E-state index contributed by atoms with van der Waals surface area (Å²) in [5.41, 5.74) is -3.70. The molecule has 1 aromatic carbocycles. The molecule has 2 aromatic rings. The van der Waals surface area contributed by atoms with Crippen LogP contribution in [0.4, 0.5) is 27.6 Å². The highest BCUT2D eigenvalue weighted by molar-refractivity contribution is 5.94. The van der Waals surface area contributed by atoms with Crippen LogP contribution in [-0.4, -0.2) is 29.6 Å². The van der Waals surface area contributed by atoms with Gasteiger partial charge in [-0.2, -0.15) is 13.2 Å². The molecule has 2 amide bonds. The molecular formula is C17H15F5N2O4. The number of carbonyl (C=O) groups excluding carboxylic acids is 2. The summed E-state index contributed by atoms with van der Waals surface area (Å²) in [6.07, 6.45) is -6.66. The van der Waals surface area contributed by atoms with Crippen LogP contribution < -0.4 is 10.6 Å². The fourth-order valence-electron chi connectivity index (χ4n) is 2.24. The molecule has 0 saturated carbocycles. The quantitative estimate of drug-likeness (QED) is 0.644. The van der Waals surface area contributed by atoms with Crippen molar-refractivity contribution in [2.24, 2.45) is 0 Å². The van der Waals surface area contributed by atoms with Gasteiger partial charge in [0, 0.05) is 11.8 Å². The van der Waals surface area contributed by atoms with Gasteiger partial charge in [0.1, 0.15) is 11.5 Å². The molecule has 0 spiro atoms. The van der Waals surface area contributed by atoms with Crippen LogP contribution in [0.5, 0.6) is 0 Å². The second-order valence-corrected chi connectivity index (χ2v) is 5.90. The van der Waals surface area contributed by atoms with E-state index in [0.29, 0.717) is 6.07 Å². The van der Waals surface area contributed by atoms with Gasteiger partial charge in [-0.15, -0.1) is 0 Å². The van der Waals surface area contributed by atoms with Crippen molar-refractivity contribution in [2.45, 2.75) is 25.1 Å². The van der Waals surface area contributed by atoms with Gasteiger partial charge in [0.25, 0.3) is 0 Å². The van der Waals surface area contributed by atoms with Gasteiger partial charge in [-0.3, -0.25) is 9.59 Å². The number of anilines is 1. The molecule has 0 bridgehead atoms. The average molecular weight is 406 g/mol. The highest BCUT2D eigenvalue weighted by atomic mass is 19.4. The zero-order valence-electron chi connectivity index (χ0n) is 14.4. The minimum atomic E-state index is -5.22. The summed E-state index contributed by atoms with van der Waals surface area (Å²) in [7, 11) is 0. The Bertz CT molecular complexity index is 881. The van der Waals surface area contributed by atoms with Crippen LogP contribution >= 0.6 is 0 Å². The van der Waals surface area contributed by atoms with Crippen LogP contribution in [-0.2, 0) is 15.2 Å². The van der Waals surface area contributed by atoms with E-state index in [9.17, 15) is 36.6 Å². The Kier molecular flexibility index (Phi) is 6.07. The predicted octanol–water partition coefficient (Wildman–Crippen LogP) is 2.76. The van der Waals surface area contributed by atoms with Gasteiger partial charge in [0.15, 0.2) is 11.6 Å². The number of aliphatic hydroxyl groups is 1. The highest BCUT2D eigenvalue weighted by Gasteiger charge is 2.58. The average Bonchev–Trinajstić information content (AvgIpc) is 3.02. The van der Waals surface area contributed by atoms with Crippen LogP contribution in [0, 0.1) is 18.6 Å². The van der Waals surface area contributed by atoms with Gasteiger partial charge in [-0.05, 0) is 31.2 Å². The van der Waals surface area contributed by atoms with Gasteiger partial charge in [-0.1, -0.05) is 0 Å². The third kappa shape index (κ3) is 4.85. The first-order valence-corrected chi connectivity index (χ1v) is 7.80. The third-order valence-corrected chi connectivity index (χ3v) is 3.68. The van der Waals surface area contributed by atoms with Crippen molar-refractivity contribution in [3.63, 3.8) is 0 Å². The fraction of sp³-hybridized carbons (Fsp3) is 0.294. The number of halogens is 5. The maximum absolute atomic E-state index is 13.3. The number of alkyl halides is 3. The lowest BCUT2D eigenvalue weighted by atomic mass is 9.95. The Morgan fingerprint density at radius 1 is 1.07 bits per heavy atom. The molecule has 0 fully saturated rings. The van der Waals surface area contributed by atoms with E-state index in [1.54, 1.807) is 0 Å². The summed E-state index contributed by atoms with van der Waals surface area (Å²) < 4.78 is 70.5. The standard InChI is InChI=1S/C17H15F5N2O4/c1-9-2-5-13(28-9)16(27,17(20,21)22)7-14(25)23-8-15(26)24-10-3-4-11(18)12(19)6-10/h2-6,27H,7-8H2,1H3,(H,23,25)(H,24,26)/t16-/m1/s1. The van der Waals surface area contributed by atoms with Crippen molar-refractivity contribution in [3.8, 4) is 0 Å². The molecule has 152 valence electrons. The highest BCUT2D eigenvalue weighted by Crippen LogP contribution is 2.42. The van der Waals surface area contributed by atoms with E-state index in [2.05, 4.69) is 5.32 Å². The molecule has 11 heteroatoms. The number of amides is 2. The van der Waals surface area contributed by atoms with Crippen LogP contribution in [0.1, 0.15) is 17.9 Å². The predicted molar refractivity (Wildman–Crippen MR) is 86.0 cm³/mol. The monoisotopic (exact) mass is 406 g/mol. The first-order valence-electron chi connectivity index (χ1n) is 7.80. The minimum Gasteiger partial charge on any atom is -0.463 e. The smallest absolute Gasteiger partial charge is 0.425 e. The molecule has 6 nitrogen and oxygen atoms in total. The first-order chi connectivity index (χ1) is 12.9. The summed E-state index contributed by atoms with van der Waals surface area (Å²) in [4.78, 5) is 23.5. The minimum absolute atomic E-state index is 0.101. The number of benzene rings is 1. The SMILES string of the molecule is Cc1ccc([C@](O)(CC(=O)NCC(=O)Nc2ccc(F)c(F)c2)C(F)(F)F)o1. The molecule has 0 aliphatic carbocycles. The molecular weight excluding hydrogens is 391 g/mol. The maximum atomic E-state index is 13.3. The number of nitrogens with one attached hydrogen (secondary N) is 2. The van der Waals surface area contributed by atoms with E-state index in [0.717, 1.165) is 18.2 Å². The van der Waals surface area contributed by atoms with Crippen molar-refractivity contribution in [2.75, 3.05) is 11.9 Å². The maximum Gasteiger partial charge on any atom is 0.425 e. The Morgan fingerprint density at radius 3 is 2.29 bits per heavy atom. The summed E-state index contributed by atoms with van der Waals surface area (Å²) in [5.74, 6) is -5.29. The number of furan rings is 1. The van der Waals surface area contributed by atoms with Crippen LogP contribution in [0.15, 0.2) is 34.7 Å². The lowest BCUT2D eigenvalue weighted by molar-refractivity contribution is -0.273. The normalized spacial score (nSPS) is 13.7. The number of rotatable bonds is 6. The topological polar surface area (TPSA) is 91.6 Å². The Morgan fingerprint density at radius 2 is 1.75 bits per heavy atom. The second kappa shape index (κ2) is 7.97. The number of aryl methyl sites for hydroxylation is 1. The summed E-state index contributed by atoms with van der Waals surface area (Å²) in [6.45, 7) is 0.603. The lowest BCUT2D eigenvalue weighted by Crippen LogP contribution is -2.46. The third-order valence-electron chi connectivity index (χ3n) is 3.68. The van der Waals surface area contributed by atoms with Crippen LogP contribution in [0.25, 0.3) is 0 Å². The summed E-state index contributed by atoms with van der Waals surface area (Å²) >= 11 is 0. The molecule has 2 rings (SSSR count). The fourth-order valence-corrected chi connectivity index (χ4v) is 2.24. The molecule has 1 atom stereocenters. The first kappa shape index (κ1) is 21.4. The molecule has 0 unspecified atom stereocenters. The van der Waals surface area contributed by atoms with Crippen LogP contribution in [0.3, 0.4) is 0 Å². The van der Waals surface area contributed by atoms with Crippen molar-refractivity contribution in [1.82, 2.24) is 5.32 Å². The molecule has 1 aromatic heterocycles. The van der Waals surface area contributed by atoms with Crippen molar-refractivity contribution in [1.29, 1.82) is 0 Å². The van der Waals surface area contributed by atoms with Crippen molar-refractivity contribution >= 4 is 17.5 Å². The zero-order valence-corrected chi connectivity index (χ0v) is 14.4. The van der Waals surface area contributed by atoms with E-state index >= 15 is 0 Å². The van der Waals surface area contributed by atoms with Crippen LogP contribution in [0.2, 0.25) is 0 Å². The number of carbonyl (C=O) groups is 2. The molecule has 0 aliphatic heterocycles. The van der Waals surface area contributed by atoms with E-state index in [-0.39, 0.29) is 11.4 Å². The second-order valence-electron chi connectivity index (χ2n) is 5.90. The van der Waals surface area contributed by atoms with Gasteiger partial charge < -0.3 is 20.2 Å². The molecule has 3 N–H and O–H groups in total. The Balaban J connectivity index is 1.99. The Hall–Kier alpha value is -2.95. The van der Waals surface area contributed by atoms with Crippen molar-refractivity contribution < 1.29 is 41.1 Å². The van der Waals surface area contributed by atoms with E-state index in [4.69, 9.17) is 4.42 Å². The molecule has 28 heavy (non-hydrogen) atoms. The van der Waals surface area contributed by atoms with E-state index in [1.165, 1.54) is 13.0 Å². The van der Waals surface area contributed by atoms with Gasteiger partial charge in [-0.25, -0.2) is 8.78 Å². The largest absolute Gasteiger partial charge is 0.463 e. The van der Waals surface area contributed by atoms with Crippen molar-refractivity contribution in [3.05, 3.63) is 53.5 Å². The van der Waals surface area contributed by atoms with E-state index in [1.807, 2.05) is 5.32 Å². The summed E-state index contributed by atoms with van der Waals surface area (Å²) in [5, 5.41) is 14.0. The molecule has 1 heterocycles. The zero-order chi connectivity index (χ0) is 21.1.